The van der Waals surface area contributed by atoms with Crippen LogP contribution in [-0.4, -0.2) is 36.6 Å². The Morgan fingerprint density at radius 2 is 1.89 bits per heavy atom. The summed E-state index contributed by atoms with van der Waals surface area (Å²) in [6.07, 6.45) is 1.69. The molecule has 7 heteroatoms. The van der Waals surface area contributed by atoms with Gasteiger partial charge < -0.3 is 9.64 Å². The first-order valence-electron chi connectivity index (χ1n) is 12.0. The molecular weight excluding hydrogens is 516 g/mol. The highest BCUT2D eigenvalue weighted by Crippen LogP contribution is 2.34. The van der Waals surface area contributed by atoms with Gasteiger partial charge in [0, 0.05) is 24.1 Å². The van der Waals surface area contributed by atoms with Crippen molar-refractivity contribution in [2.24, 2.45) is 5.10 Å². The fraction of sp³-hybridized carbons (Fsp3) is 0.276. The first-order valence-corrected chi connectivity index (χ1v) is 12.8. The highest BCUT2D eigenvalue weighted by atomic mass is 79.9. The zero-order valence-electron chi connectivity index (χ0n) is 21.5. The Morgan fingerprint density at radius 3 is 2.56 bits per heavy atom. The molecule has 4 aromatic rings. The molecule has 4 rings (SSSR count). The number of fused-ring (bicyclic) bond motifs is 1. The van der Waals surface area contributed by atoms with Crippen LogP contribution in [0.15, 0.2) is 69.0 Å². The number of aryl methyl sites for hydroxylation is 1. The molecule has 6 nitrogen and oxygen atoms in total. The lowest BCUT2D eigenvalue weighted by atomic mass is 9.96. The Labute approximate surface area is 220 Å². The Bertz CT molecular complexity index is 1510. The van der Waals surface area contributed by atoms with Gasteiger partial charge in [0.05, 0.1) is 29.4 Å². The number of ether oxygens (including phenoxy) is 1. The average molecular weight is 547 g/mol. The van der Waals surface area contributed by atoms with E-state index < -0.39 is 0 Å². The second kappa shape index (κ2) is 10.7. The van der Waals surface area contributed by atoms with Crippen LogP contribution in [-0.2, 0) is 0 Å². The quantitative estimate of drug-likeness (QED) is 0.245. The van der Waals surface area contributed by atoms with Crippen LogP contribution in [0.3, 0.4) is 0 Å². The molecule has 0 unspecified atom stereocenters. The summed E-state index contributed by atoms with van der Waals surface area (Å²) in [6, 6.07) is 17.5. The van der Waals surface area contributed by atoms with E-state index in [9.17, 15) is 4.79 Å². The van der Waals surface area contributed by atoms with Gasteiger partial charge in [-0.05, 0) is 88.8 Å². The van der Waals surface area contributed by atoms with Crippen molar-refractivity contribution in [3.63, 3.8) is 0 Å². The van der Waals surface area contributed by atoms with Crippen LogP contribution in [0.25, 0.3) is 22.3 Å². The number of halogens is 1. The molecule has 0 atom stereocenters. The van der Waals surface area contributed by atoms with E-state index in [-0.39, 0.29) is 11.5 Å². The zero-order chi connectivity index (χ0) is 26.0. The number of benzene rings is 3. The van der Waals surface area contributed by atoms with Gasteiger partial charge in [-0.2, -0.15) is 9.78 Å². The van der Waals surface area contributed by atoms with Gasteiger partial charge in [-0.1, -0.05) is 32.0 Å². The van der Waals surface area contributed by atoms with E-state index in [1.54, 1.807) is 12.3 Å². The number of rotatable bonds is 7. The van der Waals surface area contributed by atoms with E-state index >= 15 is 0 Å². The second-order valence-corrected chi connectivity index (χ2v) is 10.1. The molecule has 0 aliphatic heterocycles. The van der Waals surface area contributed by atoms with E-state index in [4.69, 9.17) is 9.72 Å². The molecule has 0 aliphatic rings. The third-order valence-electron chi connectivity index (χ3n) is 6.05. The smallest absolute Gasteiger partial charge is 0.282 e. The van der Waals surface area contributed by atoms with Gasteiger partial charge in [0.15, 0.2) is 5.82 Å². The first kappa shape index (κ1) is 25.6. The van der Waals surface area contributed by atoms with Gasteiger partial charge in [0.25, 0.3) is 5.56 Å². The molecular formula is C29H31BrN4O2. The normalized spacial score (nSPS) is 11.6. The summed E-state index contributed by atoms with van der Waals surface area (Å²) >= 11 is 3.63. The van der Waals surface area contributed by atoms with Crippen molar-refractivity contribution >= 4 is 38.7 Å². The molecule has 0 N–H and O–H groups in total. The van der Waals surface area contributed by atoms with Gasteiger partial charge >= 0.3 is 0 Å². The lowest BCUT2D eigenvalue weighted by Crippen LogP contribution is -2.21. The van der Waals surface area contributed by atoms with E-state index in [1.807, 2.05) is 75.3 Å². The molecule has 0 aliphatic carbocycles. The van der Waals surface area contributed by atoms with E-state index in [0.29, 0.717) is 23.3 Å². The molecule has 0 fully saturated rings. The highest BCUT2D eigenvalue weighted by molar-refractivity contribution is 9.10. The zero-order valence-corrected chi connectivity index (χ0v) is 23.1. The fourth-order valence-electron chi connectivity index (χ4n) is 4.17. The molecule has 3 aromatic carbocycles. The maximum atomic E-state index is 13.6. The average Bonchev–Trinajstić information content (AvgIpc) is 2.83. The third kappa shape index (κ3) is 5.07. The summed E-state index contributed by atoms with van der Waals surface area (Å²) in [4.78, 5) is 20.6. The van der Waals surface area contributed by atoms with Crippen molar-refractivity contribution < 1.29 is 4.74 Å². The molecule has 1 heterocycles. The minimum Gasteiger partial charge on any atom is -0.494 e. The van der Waals surface area contributed by atoms with Crippen LogP contribution in [0, 0.1) is 6.92 Å². The second-order valence-electron chi connectivity index (χ2n) is 9.21. The van der Waals surface area contributed by atoms with E-state index in [1.165, 1.54) is 4.68 Å². The van der Waals surface area contributed by atoms with Gasteiger partial charge in [-0.3, -0.25) is 4.79 Å². The van der Waals surface area contributed by atoms with Crippen LogP contribution >= 0.6 is 15.9 Å². The summed E-state index contributed by atoms with van der Waals surface area (Å²) in [5, 5.41) is 5.17. The molecule has 1 aromatic heterocycles. The van der Waals surface area contributed by atoms with Crippen LogP contribution in [0.1, 0.15) is 43.4 Å². The van der Waals surface area contributed by atoms with Gasteiger partial charge in [0.2, 0.25) is 0 Å². The summed E-state index contributed by atoms with van der Waals surface area (Å²) in [5.41, 5.74) is 5.24. The molecule has 0 radical (unpaired) electrons. The minimum atomic E-state index is -0.213. The van der Waals surface area contributed by atoms with E-state index in [2.05, 4.69) is 40.9 Å². The monoisotopic (exact) mass is 546 g/mol. The number of aromatic nitrogens is 2. The number of hydrogen-bond acceptors (Lipinski definition) is 5. The van der Waals surface area contributed by atoms with Crippen molar-refractivity contribution in [2.45, 2.75) is 33.6 Å². The van der Waals surface area contributed by atoms with Crippen molar-refractivity contribution in [3.8, 4) is 17.1 Å². The Kier molecular flexibility index (Phi) is 7.59. The maximum Gasteiger partial charge on any atom is 0.282 e. The predicted octanol–water partition coefficient (Wildman–Crippen LogP) is 6.60. The highest BCUT2D eigenvalue weighted by Gasteiger charge is 2.18. The number of anilines is 1. The Morgan fingerprint density at radius 1 is 1.14 bits per heavy atom. The number of para-hydroxylation sites is 1. The summed E-state index contributed by atoms with van der Waals surface area (Å²) < 4.78 is 8.27. The third-order valence-corrected chi connectivity index (χ3v) is 6.68. The largest absolute Gasteiger partial charge is 0.494 e. The van der Waals surface area contributed by atoms with Gasteiger partial charge in [0.1, 0.15) is 5.75 Å². The summed E-state index contributed by atoms with van der Waals surface area (Å²) in [5.74, 6) is 1.60. The van der Waals surface area contributed by atoms with Gasteiger partial charge in [-0.25, -0.2) is 4.98 Å². The molecule has 0 saturated heterocycles. The SMILES string of the molecule is CCOc1cc(C)c(-c2nc3ccccc3c(=O)n2N=Cc2ccc(N(C)C)c(Br)c2)cc1C(C)C. The minimum absolute atomic E-state index is 0.213. The fourth-order valence-corrected chi connectivity index (χ4v) is 4.92. The van der Waals surface area contributed by atoms with Crippen molar-refractivity contribution in [1.82, 2.24) is 9.66 Å². The molecule has 0 spiro atoms. The van der Waals surface area contributed by atoms with Crippen molar-refractivity contribution in [1.29, 1.82) is 0 Å². The predicted molar refractivity (Wildman–Crippen MR) is 153 cm³/mol. The molecule has 36 heavy (non-hydrogen) atoms. The number of nitrogens with zero attached hydrogens (tertiary/aromatic N) is 4. The van der Waals surface area contributed by atoms with Crippen molar-refractivity contribution in [3.05, 3.63) is 86.1 Å². The van der Waals surface area contributed by atoms with Crippen LogP contribution in [0.4, 0.5) is 5.69 Å². The lowest BCUT2D eigenvalue weighted by molar-refractivity contribution is 0.335. The van der Waals surface area contributed by atoms with Crippen molar-refractivity contribution in [2.75, 3.05) is 25.6 Å². The Hall–Kier alpha value is -3.45. The lowest BCUT2D eigenvalue weighted by Gasteiger charge is -2.18. The van der Waals surface area contributed by atoms with Crippen LogP contribution in [0.2, 0.25) is 0 Å². The molecule has 186 valence electrons. The summed E-state index contributed by atoms with van der Waals surface area (Å²) in [6.45, 7) is 8.84. The Balaban J connectivity index is 1.93. The standard InChI is InChI=1S/C29H31BrN4O2/c1-7-36-27-14-19(4)23(16-22(27)18(2)3)28-32-25-11-9-8-10-21(25)29(35)34(28)31-17-20-12-13-26(33(5)6)24(30)15-20/h8-18H,7H2,1-6H3. The molecule has 0 bridgehead atoms. The first-order chi connectivity index (χ1) is 17.2. The molecule has 0 amide bonds. The number of hydrogen-bond donors (Lipinski definition) is 0. The topological polar surface area (TPSA) is 59.7 Å². The van der Waals surface area contributed by atoms with Crippen LogP contribution in [0.5, 0.6) is 5.75 Å². The van der Waals surface area contributed by atoms with Gasteiger partial charge in [-0.15, -0.1) is 0 Å². The summed E-state index contributed by atoms with van der Waals surface area (Å²) in [7, 11) is 3.98. The van der Waals surface area contributed by atoms with E-state index in [0.717, 1.165) is 38.2 Å². The molecule has 0 saturated carbocycles. The maximum absolute atomic E-state index is 13.6. The van der Waals surface area contributed by atoms with Crippen LogP contribution < -0.4 is 15.2 Å².